The van der Waals surface area contributed by atoms with E-state index in [-0.39, 0.29) is 51.4 Å². The van der Waals surface area contributed by atoms with Crippen molar-refractivity contribution in [1.29, 1.82) is 0 Å². The minimum atomic E-state index is -1.55. The van der Waals surface area contributed by atoms with Crippen LogP contribution < -0.4 is 0 Å². The van der Waals surface area contributed by atoms with Crippen LogP contribution in [0.4, 0.5) is 0 Å². The summed E-state index contributed by atoms with van der Waals surface area (Å²) in [6.07, 6.45) is -5.39. The first-order chi connectivity index (χ1) is 25.6. The average Bonchev–Trinajstić information content (AvgIpc) is 3.51. The van der Waals surface area contributed by atoms with Crippen LogP contribution in [0.2, 0.25) is 0 Å². The van der Waals surface area contributed by atoms with Crippen molar-refractivity contribution in [2.45, 2.75) is 192 Å². The summed E-state index contributed by atoms with van der Waals surface area (Å²) in [5.74, 6) is 0.196. The van der Waals surface area contributed by atoms with Crippen LogP contribution in [-0.2, 0) is 18.9 Å². The molecule has 0 amide bonds. The Morgan fingerprint density at radius 2 is 1.27 bits per heavy atom. The van der Waals surface area contributed by atoms with E-state index in [9.17, 15) is 46.0 Å². The normalized spacial score (nSPS) is 52.0. The lowest BCUT2D eigenvalue weighted by atomic mass is 9.35. The Hall–Kier alpha value is -0.780. The molecule has 6 rings (SSSR count). The predicted molar refractivity (Wildman–Crippen MR) is 201 cm³/mol. The molecule has 2 aliphatic heterocycles. The number of rotatable bonds is 10. The van der Waals surface area contributed by atoms with Crippen molar-refractivity contribution < 1.29 is 64.9 Å². The molecule has 0 aromatic carbocycles. The molecule has 55 heavy (non-hydrogen) atoms. The molecular formula is C42H72O13. The van der Waals surface area contributed by atoms with Gasteiger partial charge in [-0.1, -0.05) is 46.3 Å². The molecule has 4 saturated carbocycles. The van der Waals surface area contributed by atoms with E-state index >= 15 is 0 Å². The fraction of sp³-hybridized carbons (Fsp3) is 0.952. The molecule has 9 N–H and O–H groups in total. The predicted octanol–water partition coefficient (Wildman–Crippen LogP) is 2.15. The minimum Gasteiger partial charge on any atom is -0.394 e. The summed E-state index contributed by atoms with van der Waals surface area (Å²) in [5, 5.41) is 95.9. The van der Waals surface area contributed by atoms with Gasteiger partial charge < -0.3 is 64.9 Å². The maximum atomic E-state index is 12.5. The highest BCUT2D eigenvalue weighted by molar-refractivity contribution is 5.20. The molecular weight excluding hydrogens is 712 g/mol. The highest BCUT2D eigenvalue weighted by atomic mass is 16.7. The second-order valence-electron chi connectivity index (χ2n) is 20.1. The van der Waals surface area contributed by atoms with Crippen LogP contribution in [0.5, 0.6) is 0 Å². The molecule has 0 aromatic heterocycles. The number of ether oxygens (including phenoxy) is 4. The molecule has 2 saturated heterocycles. The molecule has 20 atom stereocenters. The zero-order valence-corrected chi connectivity index (χ0v) is 34.3. The van der Waals surface area contributed by atoms with Crippen LogP contribution in [0.1, 0.15) is 113 Å². The van der Waals surface area contributed by atoms with Gasteiger partial charge in [0.05, 0.1) is 31.0 Å². The van der Waals surface area contributed by atoms with Gasteiger partial charge in [-0.3, -0.25) is 0 Å². The van der Waals surface area contributed by atoms with Crippen LogP contribution in [-0.4, -0.2) is 138 Å². The highest BCUT2D eigenvalue weighted by Gasteiger charge is 2.72. The summed E-state index contributed by atoms with van der Waals surface area (Å²) in [5.41, 5.74) is -0.592. The van der Waals surface area contributed by atoms with Gasteiger partial charge in [-0.2, -0.15) is 0 Å². The number of allylic oxidation sites excluding steroid dienone is 2. The second-order valence-corrected chi connectivity index (χ2v) is 20.1. The standard InChI is InChI=1S/C42H72O13/c1-21(2)10-9-14-42(8,55-37-35(51)33(49)31(47)25(20-44)53-37)22-11-16-41(7)29(22)23(45)18-27-39(5)15-13-28(38(3,4)26(39)12-17-40(27,41)6)54-36-34(50)32(48)30(46)24(19-43)52-36/h10,22-37,43-51H,9,11-20H2,1-8H3/t22-,23+,24+,25+,26+,27+,28-,29-,30+,31+,32-,33-,34+,35+,36-,37-,39-,40+,41+,42-/m0/s1. The lowest BCUT2D eigenvalue weighted by Gasteiger charge is -2.71. The first kappa shape index (κ1) is 43.8. The van der Waals surface area contributed by atoms with Crippen molar-refractivity contribution in [3.8, 4) is 0 Å². The molecule has 4 aliphatic carbocycles. The largest absolute Gasteiger partial charge is 0.394 e. The van der Waals surface area contributed by atoms with Crippen LogP contribution in [0, 0.1) is 45.3 Å². The van der Waals surface area contributed by atoms with Crippen molar-refractivity contribution in [3.05, 3.63) is 11.6 Å². The van der Waals surface area contributed by atoms with Crippen molar-refractivity contribution in [2.75, 3.05) is 13.2 Å². The van der Waals surface area contributed by atoms with Crippen LogP contribution in [0.3, 0.4) is 0 Å². The summed E-state index contributed by atoms with van der Waals surface area (Å²) in [4.78, 5) is 0. The molecule has 0 spiro atoms. The van der Waals surface area contributed by atoms with Crippen molar-refractivity contribution >= 4 is 0 Å². The third-order valence-electron chi connectivity index (χ3n) is 16.7. The van der Waals surface area contributed by atoms with E-state index in [1.165, 1.54) is 5.57 Å². The quantitative estimate of drug-likeness (QED) is 0.115. The van der Waals surface area contributed by atoms with Gasteiger partial charge in [-0.25, -0.2) is 0 Å². The highest BCUT2D eigenvalue weighted by Crippen LogP contribution is 2.76. The van der Waals surface area contributed by atoms with Gasteiger partial charge in [0, 0.05) is 0 Å². The SMILES string of the molecule is CC(C)=CCC[C@](C)(O[C@@H]1O[C@H](CO)[C@@H](O)[C@H](O)[C@H]1O)[C@H]1CC[C@]2(C)[C@@H]1[C@H](O)C[C@@H]1[C@@]3(C)CC[C@H](O[C@@H]4O[C@H](CO)[C@@H](O)[C@H](O)[C@H]4O)C(C)(C)[C@H]3CC[C@]12C. The fourth-order valence-corrected chi connectivity index (χ4v) is 13.4. The number of hydrogen-bond donors (Lipinski definition) is 9. The Balaban J connectivity index is 1.26. The lowest BCUT2D eigenvalue weighted by molar-refractivity contribution is -0.338. The Morgan fingerprint density at radius 3 is 1.85 bits per heavy atom. The topological polar surface area (TPSA) is 219 Å². The van der Waals surface area contributed by atoms with Crippen molar-refractivity contribution in [2.24, 2.45) is 45.3 Å². The second kappa shape index (κ2) is 15.7. The van der Waals surface area contributed by atoms with E-state index in [2.05, 4.69) is 40.7 Å². The Kier molecular flexibility index (Phi) is 12.5. The molecule has 2 heterocycles. The molecule has 0 radical (unpaired) electrons. The maximum Gasteiger partial charge on any atom is 0.187 e. The van der Waals surface area contributed by atoms with Gasteiger partial charge in [0.1, 0.15) is 48.8 Å². The summed E-state index contributed by atoms with van der Waals surface area (Å²) >= 11 is 0. The van der Waals surface area contributed by atoms with E-state index in [1.807, 2.05) is 20.8 Å². The van der Waals surface area contributed by atoms with Crippen LogP contribution in [0.25, 0.3) is 0 Å². The summed E-state index contributed by atoms with van der Waals surface area (Å²) in [6, 6.07) is 0. The smallest absolute Gasteiger partial charge is 0.187 e. The van der Waals surface area contributed by atoms with Gasteiger partial charge in [-0.05, 0) is 124 Å². The lowest BCUT2D eigenvalue weighted by Crippen LogP contribution is -2.67. The van der Waals surface area contributed by atoms with Gasteiger partial charge in [-0.15, -0.1) is 0 Å². The summed E-state index contributed by atoms with van der Waals surface area (Å²) in [7, 11) is 0. The van der Waals surface area contributed by atoms with Gasteiger partial charge >= 0.3 is 0 Å². The minimum absolute atomic E-state index is 0.104. The molecule has 13 heteroatoms. The van der Waals surface area contributed by atoms with E-state index in [0.29, 0.717) is 25.7 Å². The average molecular weight is 785 g/mol. The monoisotopic (exact) mass is 784 g/mol. The zero-order chi connectivity index (χ0) is 40.6. The van der Waals surface area contributed by atoms with E-state index in [0.717, 1.165) is 32.1 Å². The van der Waals surface area contributed by atoms with Gasteiger partial charge in [0.25, 0.3) is 0 Å². The van der Waals surface area contributed by atoms with Gasteiger partial charge in [0.15, 0.2) is 12.6 Å². The van der Waals surface area contributed by atoms with E-state index in [1.54, 1.807) is 0 Å². The molecule has 0 bridgehead atoms. The number of aliphatic hydroxyl groups is 9. The van der Waals surface area contributed by atoms with Crippen molar-refractivity contribution in [3.63, 3.8) is 0 Å². The van der Waals surface area contributed by atoms with E-state index in [4.69, 9.17) is 18.9 Å². The zero-order valence-electron chi connectivity index (χ0n) is 34.3. The Labute approximate surface area is 327 Å². The number of fused-ring (bicyclic) bond motifs is 5. The maximum absolute atomic E-state index is 12.5. The molecule has 318 valence electrons. The number of aliphatic hydroxyl groups excluding tert-OH is 9. The Bertz CT molecular complexity index is 1370. The molecule has 0 unspecified atom stereocenters. The van der Waals surface area contributed by atoms with Crippen LogP contribution in [0.15, 0.2) is 11.6 Å². The fourth-order valence-electron chi connectivity index (χ4n) is 13.4. The first-order valence-corrected chi connectivity index (χ1v) is 20.9. The molecule has 6 fully saturated rings. The molecule has 0 aromatic rings. The van der Waals surface area contributed by atoms with E-state index < -0.39 is 86.3 Å². The third-order valence-corrected chi connectivity index (χ3v) is 16.7. The molecule has 6 aliphatic rings. The Morgan fingerprint density at radius 1 is 0.709 bits per heavy atom. The van der Waals surface area contributed by atoms with Crippen molar-refractivity contribution in [1.82, 2.24) is 0 Å². The van der Waals surface area contributed by atoms with Gasteiger partial charge in [0.2, 0.25) is 0 Å². The number of hydrogen-bond acceptors (Lipinski definition) is 13. The first-order valence-electron chi connectivity index (χ1n) is 20.9. The van der Waals surface area contributed by atoms with Crippen LogP contribution >= 0.6 is 0 Å². The third kappa shape index (κ3) is 7.10. The molecule has 13 nitrogen and oxygen atoms in total. The summed E-state index contributed by atoms with van der Waals surface area (Å²) in [6.45, 7) is 16.6. The summed E-state index contributed by atoms with van der Waals surface area (Å²) < 4.78 is 24.9.